The van der Waals surface area contributed by atoms with Crippen LogP contribution in [0.2, 0.25) is 0 Å². The topological polar surface area (TPSA) is 24.5 Å². The molecule has 3 heteroatoms. The normalized spacial score (nSPS) is 11.2. The Kier molecular flexibility index (Phi) is 7.29. The van der Waals surface area contributed by atoms with Gasteiger partial charge in [-0.05, 0) is 45.0 Å². The van der Waals surface area contributed by atoms with Gasteiger partial charge in [0, 0.05) is 31.2 Å². The van der Waals surface area contributed by atoms with Gasteiger partial charge in [-0.1, -0.05) is 42.5 Å². The number of nitrogens with zero attached hydrogens (tertiary/aromatic N) is 1. The van der Waals surface area contributed by atoms with E-state index in [-0.39, 0.29) is 0 Å². The lowest BCUT2D eigenvalue weighted by molar-refractivity contribution is 0.266. The van der Waals surface area contributed by atoms with Crippen LogP contribution in [0.15, 0.2) is 48.5 Å². The molecule has 2 aromatic carbocycles. The Bertz CT molecular complexity index is 625. The first-order chi connectivity index (χ1) is 11.6. The summed E-state index contributed by atoms with van der Waals surface area (Å²) in [5, 5.41) is 3.53. The maximum Gasteiger partial charge on any atom is 0.123 e. The van der Waals surface area contributed by atoms with Crippen LogP contribution < -0.4 is 10.1 Å². The summed E-state index contributed by atoms with van der Waals surface area (Å²) >= 11 is 0. The number of nitrogens with one attached hydrogen (secondary N) is 1. The Labute approximate surface area is 146 Å². The van der Waals surface area contributed by atoms with Gasteiger partial charge < -0.3 is 10.1 Å². The summed E-state index contributed by atoms with van der Waals surface area (Å²) < 4.78 is 5.68. The predicted octanol–water partition coefficient (Wildman–Crippen LogP) is 4.22. The first-order valence-corrected chi connectivity index (χ1v) is 8.79. The van der Waals surface area contributed by atoms with Gasteiger partial charge in [0.2, 0.25) is 0 Å². The molecule has 0 atom stereocenters. The monoisotopic (exact) mass is 326 g/mol. The molecule has 3 nitrogen and oxygen atoms in total. The fraction of sp³-hybridized carbons (Fsp3) is 0.429. The number of rotatable bonds is 9. The third-order valence-electron chi connectivity index (χ3n) is 4.22. The average molecular weight is 326 g/mol. The van der Waals surface area contributed by atoms with Crippen molar-refractivity contribution in [3.8, 4) is 5.75 Å². The molecular formula is C21H30N2O. The smallest absolute Gasteiger partial charge is 0.123 e. The first-order valence-electron chi connectivity index (χ1n) is 8.79. The van der Waals surface area contributed by atoms with Crippen LogP contribution in [0, 0.1) is 0 Å². The second-order valence-electron chi connectivity index (χ2n) is 6.47. The third kappa shape index (κ3) is 5.66. The highest BCUT2D eigenvalue weighted by atomic mass is 16.5. The zero-order valence-electron chi connectivity index (χ0n) is 15.4. The lowest BCUT2D eigenvalue weighted by Gasteiger charge is -2.21. The zero-order valence-corrected chi connectivity index (χ0v) is 15.4. The van der Waals surface area contributed by atoms with E-state index in [1.165, 1.54) is 16.7 Å². The Morgan fingerprint density at radius 3 is 2.50 bits per heavy atom. The van der Waals surface area contributed by atoms with Crippen molar-refractivity contribution in [3.63, 3.8) is 0 Å². The summed E-state index contributed by atoms with van der Waals surface area (Å²) in [6, 6.07) is 17.6. The van der Waals surface area contributed by atoms with E-state index >= 15 is 0 Å². The highest BCUT2D eigenvalue weighted by Crippen LogP contribution is 2.18. The minimum Gasteiger partial charge on any atom is -0.494 e. The summed E-state index contributed by atoms with van der Waals surface area (Å²) in [5.74, 6) is 0.972. The van der Waals surface area contributed by atoms with E-state index in [0.717, 1.165) is 25.4 Å². The molecule has 0 bridgehead atoms. The number of benzene rings is 2. The van der Waals surface area contributed by atoms with Gasteiger partial charge in [0.05, 0.1) is 6.61 Å². The molecular weight excluding hydrogens is 296 g/mol. The molecule has 0 heterocycles. The largest absolute Gasteiger partial charge is 0.494 e. The molecule has 2 aromatic rings. The van der Waals surface area contributed by atoms with E-state index in [1.807, 2.05) is 19.1 Å². The van der Waals surface area contributed by atoms with Crippen LogP contribution in [0.4, 0.5) is 0 Å². The van der Waals surface area contributed by atoms with Crippen molar-refractivity contribution in [1.29, 1.82) is 0 Å². The fourth-order valence-electron chi connectivity index (χ4n) is 2.60. The molecule has 1 N–H and O–H groups in total. The van der Waals surface area contributed by atoms with Crippen molar-refractivity contribution in [2.45, 2.75) is 46.4 Å². The van der Waals surface area contributed by atoms with E-state index in [9.17, 15) is 0 Å². The van der Waals surface area contributed by atoms with Gasteiger partial charge in [-0.25, -0.2) is 0 Å². The zero-order chi connectivity index (χ0) is 17.4. The van der Waals surface area contributed by atoms with Gasteiger partial charge >= 0.3 is 0 Å². The van der Waals surface area contributed by atoms with Gasteiger partial charge in [0.1, 0.15) is 5.75 Å². The molecule has 0 unspecified atom stereocenters. The number of para-hydroxylation sites is 1. The summed E-state index contributed by atoms with van der Waals surface area (Å²) in [5.41, 5.74) is 3.88. The van der Waals surface area contributed by atoms with E-state index < -0.39 is 0 Å². The molecule has 0 saturated heterocycles. The average Bonchev–Trinajstić information content (AvgIpc) is 2.57. The number of hydrogen-bond acceptors (Lipinski definition) is 3. The molecule has 0 aromatic heterocycles. The maximum absolute atomic E-state index is 5.68. The Balaban J connectivity index is 1.91. The molecule has 0 aliphatic carbocycles. The lowest BCUT2D eigenvalue weighted by atomic mass is 10.1. The molecule has 0 fully saturated rings. The van der Waals surface area contributed by atoms with Crippen molar-refractivity contribution in [3.05, 3.63) is 65.2 Å². The van der Waals surface area contributed by atoms with Crippen molar-refractivity contribution in [2.24, 2.45) is 0 Å². The SMILES string of the molecule is CCOc1ccccc1CNCc1cccc(CN(C)C(C)C)c1. The summed E-state index contributed by atoms with van der Waals surface area (Å²) in [4.78, 5) is 2.35. The predicted molar refractivity (Wildman–Crippen MR) is 101 cm³/mol. The third-order valence-corrected chi connectivity index (χ3v) is 4.22. The fourth-order valence-corrected chi connectivity index (χ4v) is 2.60. The molecule has 0 radical (unpaired) electrons. The first kappa shape index (κ1) is 18.5. The van der Waals surface area contributed by atoms with E-state index in [4.69, 9.17) is 4.74 Å². The molecule has 2 rings (SSSR count). The summed E-state index contributed by atoms with van der Waals surface area (Å²) in [6.07, 6.45) is 0. The van der Waals surface area contributed by atoms with Gasteiger partial charge in [-0.15, -0.1) is 0 Å². The van der Waals surface area contributed by atoms with Crippen molar-refractivity contribution in [1.82, 2.24) is 10.2 Å². The van der Waals surface area contributed by atoms with Crippen LogP contribution in [0.25, 0.3) is 0 Å². The van der Waals surface area contributed by atoms with Crippen molar-refractivity contribution < 1.29 is 4.74 Å². The second kappa shape index (κ2) is 9.45. The molecule has 0 spiro atoms. The van der Waals surface area contributed by atoms with Crippen LogP contribution in [-0.2, 0) is 19.6 Å². The Morgan fingerprint density at radius 2 is 1.75 bits per heavy atom. The summed E-state index contributed by atoms with van der Waals surface area (Å²) in [6.45, 7) is 9.82. The van der Waals surface area contributed by atoms with Gasteiger partial charge in [-0.2, -0.15) is 0 Å². The quantitative estimate of drug-likeness (QED) is 0.747. The van der Waals surface area contributed by atoms with Crippen LogP contribution in [0.1, 0.15) is 37.5 Å². The van der Waals surface area contributed by atoms with E-state index in [0.29, 0.717) is 12.6 Å². The minimum atomic E-state index is 0.557. The summed E-state index contributed by atoms with van der Waals surface area (Å²) in [7, 11) is 2.17. The maximum atomic E-state index is 5.68. The Morgan fingerprint density at radius 1 is 1.00 bits per heavy atom. The molecule has 0 amide bonds. The minimum absolute atomic E-state index is 0.557. The van der Waals surface area contributed by atoms with E-state index in [1.54, 1.807) is 0 Å². The van der Waals surface area contributed by atoms with Crippen LogP contribution >= 0.6 is 0 Å². The lowest BCUT2D eigenvalue weighted by Crippen LogP contribution is -2.25. The van der Waals surface area contributed by atoms with E-state index in [2.05, 4.69) is 67.5 Å². The van der Waals surface area contributed by atoms with Gasteiger partial charge in [-0.3, -0.25) is 4.90 Å². The number of ether oxygens (including phenoxy) is 1. The number of hydrogen-bond donors (Lipinski definition) is 1. The Hall–Kier alpha value is -1.84. The highest BCUT2D eigenvalue weighted by molar-refractivity contribution is 5.33. The van der Waals surface area contributed by atoms with Crippen LogP contribution in [-0.4, -0.2) is 24.6 Å². The van der Waals surface area contributed by atoms with Crippen LogP contribution in [0.3, 0.4) is 0 Å². The molecule has 0 aliphatic heterocycles. The van der Waals surface area contributed by atoms with Gasteiger partial charge in [0.25, 0.3) is 0 Å². The molecule has 0 saturated carbocycles. The van der Waals surface area contributed by atoms with Crippen molar-refractivity contribution >= 4 is 0 Å². The van der Waals surface area contributed by atoms with Crippen molar-refractivity contribution in [2.75, 3.05) is 13.7 Å². The standard InChI is InChI=1S/C21H30N2O/c1-5-24-21-12-7-6-11-20(21)15-22-14-18-9-8-10-19(13-18)16-23(4)17(2)3/h6-13,17,22H,5,14-16H2,1-4H3. The molecule has 130 valence electrons. The molecule has 24 heavy (non-hydrogen) atoms. The highest BCUT2D eigenvalue weighted by Gasteiger charge is 2.05. The van der Waals surface area contributed by atoms with Crippen LogP contribution in [0.5, 0.6) is 5.75 Å². The second-order valence-corrected chi connectivity index (χ2v) is 6.47. The van der Waals surface area contributed by atoms with Gasteiger partial charge in [0.15, 0.2) is 0 Å². The molecule has 0 aliphatic rings.